The van der Waals surface area contributed by atoms with Gasteiger partial charge in [0.15, 0.2) is 0 Å². The molecule has 0 aliphatic rings. The number of aryl methyl sites for hydroxylation is 1. The van der Waals surface area contributed by atoms with Gasteiger partial charge in [-0.2, -0.15) is 0 Å². The average molecular weight is 386 g/mol. The third-order valence-corrected chi connectivity index (χ3v) is 5.73. The lowest BCUT2D eigenvalue weighted by Crippen LogP contribution is -2.30. The molecule has 0 amide bonds. The fourth-order valence-electron chi connectivity index (χ4n) is 2.85. The van der Waals surface area contributed by atoms with Crippen molar-refractivity contribution in [3.8, 4) is 5.75 Å². The Morgan fingerprint density at radius 2 is 1.81 bits per heavy atom. The number of H-pyrrole nitrogens is 1. The zero-order chi connectivity index (χ0) is 19.3. The van der Waals surface area contributed by atoms with E-state index in [0.29, 0.717) is 29.7 Å². The molecule has 1 heterocycles. The highest BCUT2D eigenvalue weighted by Crippen LogP contribution is 2.18. The molecule has 0 spiro atoms. The Morgan fingerprint density at radius 3 is 2.56 bits per heavy atom. The van der Waals surface area contributed by atoms with Gasteiger partial charge in [0.2, 0.25) is 10.0 Å². The number of rotatable bonds is 8. The van der Waals surface area contributed by atoms with Crippen LogP contribution in [-0.2, 0) is 22.9 Å². The fraction of sp³-hybridized carbons (Fsp3) is 0.250. The smallest absolute Gasteiger partial charge is 0.251 e. The van der Waals surface area contributed by atoms with Crippen LogP contribution in [0, 0.1) is 0 Å². The third-order valence-electron chi connectivity index (χ3n) is 4.35. The van der Waals surface area contributed by atoms with E-state index in [4.69, 9.17) is 4.74 Å². The number of hydrogen-bond acceptors (Lipinski definition) is 4. The second-order valence-corrected chi connectivity index (χ2v) is 8.20. The summed E-state index contributed by atoms with van der Waals surface area (Å²) in [6.07, 6.45) is 0.763. The summed E-state index contributed by atoms with van der Waals surface area (Å²) in [4.78, 5) is 15.0. The molecule has 6 nitrogen and oxygen atoms in total. The summed E-state index contributed by atoms with van der Waals surface area (Å²) < 4.78 is 32.1. The summed E-state index contributed by atoms with van der Waals surface area (Å²) in [5.41, 5.74) is 2.01. The second-order valence-electron chi connectivity index (χ2n) is 6.28. The number of aromatic amines is 1. The lowest BCUT2D eigenvalue weighted by atomic mass is 10.1. The number of hydrogen-bond donors (Lipinski definition) is 2. The molecule has 0 unspecified atom stereocenters. The highest BCUT2D eigenvalue weighted by atomic mass is 32.2. The molecule has 0 bridgehead atoms. The van der Waals surface area contributed by atoms with Crippen LogP contribution in [0.5, 0.6) is 5.75 Å². The molecule has 3 rings (SSSR count). The lowest BCUT2D eigenvalue weighted by molar-refractivity contribution is 0.415. The van der Waals surface area contributed by atoms with Crippen LogP contribution in [0.25, 0.3) is 10.9 Å². The number of pyridine rings is 1. The first kappa shape index (κ1) is 19.1. The predicted molar refractivity (Wildman–Crippen MR) is 107 cm³/mol. The predicted octanol–water partition coefficient (Wildman–Crippen LogP) is 2.24. The number of methoxy groups -OCH3 is 1. The van der Waals surface area contributed by atoms with E-state index in [1.54, 1.807) is 25.3 Å². The first-order chi connectivity index (χ1) is 13.0. The van der Waals surface area contributed by atoms with Crippen LogP contribution in [0.2, 0.25) is 0 Å². The summed E-state index contributed by atoms with van der Waals surface area (Å²) in [7, 11) is -1.82. The molecule has 0 radical (unpaired) electrons. The first-order valence-electron chi connectivity index (χ1n) is 8.68. The molecular weight excluding hydrogens is 364 g/mol. The van der Waals surface area contributed by atoms with Crippen LogP contribution >= 0.6 is 0 Å². The molecule has 3 aromatic rings. The van der Waals surface area contributed by atoms with Gasteiger partial charge in [0.05, 0.1) is 12.9 Å². The zero-order valence-corrected chi connectivity index (χ0v) is 15.9. The molecular formula is C20H22N2O4S. The van der Waals surface area contributed by atoms with Crippen LogP contribution in [0.3, 0.4) is 0 Å². The average Bonchev–Trinajstić information content (AvgIpc) is 2.67. The maximum absolute atomic E-state index is 12.2. The Hall–Kier alpha value is -2.64. The Balaban J connectivity index is 1.62. The van der Waals surface area contributed by atoms with Gasteiger partial charge in [-0.25, -0.2) is 13.1 Å². The first-order valence-corrected chi connectivity index (χ1v) is 10.3. The van der Waals surface area contributed by atoms with Crippen molar-refractivity contribution in [3.05, 3.63) is 76.1 Å². The molecule has 2 aromatic carbocycles. The Bertz CT molecular complexity index is 1080. The van der Waals surface area contributed by atoms with Gasteiger partial charge in [0.1, 0.15) is 5.75 Å². The summed E-state index contributed by atoms with van der Waals surface area (Å²) in [6.45, 7) is 0.176. The third kappa shape index (κ3) is 5.18. The number of ether oxygens (including phenoxy) is 1. The zero-order valence-electron chi connectivity index (χ0n) is 15.1. The lowest BCUT2D eigenvalue weighted by Gasteiger charge is -2.08. The molecule has 0 aliphatic heterocycles. The number of benzene rings is 2. The van der Waals surface area contributed by atoms with Crippen LogP contribution < -0.4 is 15.0 Å². The SMILES string of the molecule is COc1ccc2[nH]c(=O)c(CCNS(=O)(=O)CCc3ccccc3)cc2c1. The number of aromatic nitrogens is 1. The van der Waals surface area contributed by atoms with E-state index >= 15 is 0 Å². The van der Waals surface area contributed by atoms with Crippen molar-refractivity contribution in [2.45, 2.75) is 12.8 Å². The minimum Gasteiger partial charge on any atom is -0.497 e. The van der Waals surface area contributed by atoms with Gasteiger partial charge in [-0.15, -0.1) is 0 Å². The Kier molecular flexibility index (Phi) is 5.93. The number of fused-ring (bicyclic) bond motifs is 1. The minimum atomic E-state index is -3.40. The Morgan fingerprint density at radius 1 is 1.04 bits per heavy atom. The van der Waals surface area contributed by atoms with E-state index in [0.717, 1.165) is 10.9 Å². The number of nitrogens with one attached hydrogen (secondary N) is 2. The van der Waals surface area contributed by atoms with Crippen molar-refractivity contribution in [3.63, 3.8) is 0 Å². The van der Waals surface area contributed by atoms with Crippen molar-refractivity contribution in [1.82, 2.24) is 9.71 Å². The van der Waals surface area contributed by atoms with E-state index in [-0.39, 0.29) is 17.9 Å². The topological polar surface area (TPSA) is 88.3 Å². The van der Waals surface area contributed by atoms with E-state index in [9.17, 15) is 13.2 Å². The van der Waals surface area contributed by atoms with Crippen molar-refractivity contribution < 1.29 is 13.2 Å². The molecule has 27 heavy (non-hydrogen) atoms. The number of sulfonamides is 1. The molecule has 1 aromatic heterocycles. The van der Waals surface area contributed by atoms with Gasteiger partial charge >= 0.3 is 0 Å². The maximum Gasteiger partial charge on any atom is 0.251 e. The van der Waals surface area contributed by atoms with Gasteiger partial charge in [-0.3, -0.25) is 4.79 Å². The van der Waals surface area contributed by atoms with Crippen LogP contribution in [0.15, 0.2) is 59.4 Å². The monoisotopic (exact) mass is 386 g/mol. The van der Waals surface area contributed by atoms with Crippen LogP contribution in [0.1, 0.15) is 11.1 Å². The summed E-state index contributed by atoms with van der Waals surface area (Å²) in [6, 6.07) is 16.6. The highest BCUT2D eigenvalue weighted by Gasteiger charge is 2.11. The summed E-state index contributed by atoms with van der Waals surface area (Å²) >= 11 is 0. The van der Waals surface area contributed by atoms with Gasteiger partial charge < -0.3 is 9.72 Å². The van der Waals surface area contributed by atoms with Crippen LogP contribution in [0.4, 0.5) is 0 Å². The fourth-order valence-corrected chi connectivity index (χ4v) is 3.91. The van der Waals surface area contributed by atoms with Gasteiger partial charge in [0, 0.05) is 23.0 Å². The van der Waals surface area contributed by atoms with E-state index in [1.807, 2.05) is 36.4 Å². The minimum absolute atomic E-state index is 0.0162. The van der Waals surface area contributed by atoms with Gasteiger partial charge in [0.25, 0.3) is 5.56 Å². The van der Waals surface area contributed by atoms with Crippen molar-refractivity contribution in [2.75, 3.05) is 19.4 Å². The second kappa shape index (κ2) is 8.37. The molecule has 7 heteroatoms. The molecule has 0 aliphatic carbocycles. The van der Waals surface area contributed by atoms with Crippen molar-refractivity contribution in [2.24, 2.45) is 0 Å². The largest absolute Gasteiger partial charge is 0.497 e. The van der Waals surface area contributed by atoms with E-state index < -0.39 is 10.0 Å². The van der Waals surface area contributed by atoms with Crippen molar-refractivity contribution >= 4 is 20.9 Å². The molecule has 142 valence electrons. The Labute approximate surface area is 158 Å². The molecule has 0 fully saturated rings. The van der Waals surface area contributed by atoms with E-state index in [1.165, 1.54) is 0 Å². The van der Waals surface area contributed by atoms with Gasteiger partial charge in [-0.1, -0.05) is 30.3 Å². The normalized spacial score (nSPS) is 11.6. The highest BCUT2D eigenvalue weighted by molar-refractivity contribution is 7.89. The molecule has 0 atom stereocenters. The maximum atomic E-state index is 12.2. The van der Waals surface area contributed by atoms with Gasteiger partial charge in [-0.05, 0) is 42.7 Å². The molecule has 2 N–H and O–H groups in total. The molecule has 0 saturated heterocycles. The van der Waals surface area contributed by atoms with E-state index in [2.05, 4.69) is 9.71 Å². The molecule has 0 saturated carbocycles. The quantitative estimate of drug-likeness (QED) is 0.621. The standard InChI is InChI=1S/C20H22N2O4S/c1-26-18-7-8-19-17(14-18)13-16(20(23)22-19)9-11-21-27(24,25)12-10-15-5-3-2-4-6-15/h2-8,13-14,21H,9-12H2,1H3,(H,22,23). The summed E-state index contributed by atoms with van der Waals surface area (Å²) in [5.74, 6) is 0.713. The van der Waals surface area contributed by atoms with Crippen molar-refractivity contribution in [1.29, 1.82) is 0 Å². The van der Waals surface area contributed by atoms with Crippen LogP contribution in [-0.4, -0.2) is 32.8 Å². The summed E-state index contributed by atoms with van der Waals surface area (Å²) in [5, 5.41) is 0.843.